The number of halogens is 2. The predicted octanol–water partition coefficient (Wildman–Crippen LogP) is 2.77. The molecule has 3 rings (SSSR count). The van der Waals surface area contributed by atoms with Crippen molar-refractivity contribution in [2.75, 3.05) is 5.73 Å². The van der Waals surface area contributed by atoms with Crippen LogP contribution in [0.3, 0.4) is 0 Å². The van der Waals surface area contributed by atoms with Crippen LogP contribution in [0, 0.1) is 5.82 Å². The van der Waals surface area contributed by atoms with E-state index in [2.05, 4.69) is 0 Å². The fraction of sp³-hybridized carbons (Fsp3) is 0.143. The Balaban J connectivity index is 2.00. The summed E-state index contributed by atoms with van der Waals surface area (Å²) in [4.78, 5) is -0.218. The number of rotatable bonds is 2. The minimum absolute atomic E-state index is 0.00636. The number of nitrogen functional groups attached to an aromatic ring is 1. The largest absolute Gasteiger partial charge is 0.399 e. The van der Waals surface area contributed by atoms with Crippen LogP contribution in [-0.4, -0.2) is 12.7 Å². The zero-order chi connectivity index (χ0) is 15.2. The summed E-state index contributed by atoms with van der Waals surface area (Å²) in [7, 11) is -3.85. The molecule has 1 aliphatic rings. The van der Waals surface area contributed by atoms with E-state index in [0.717, 1.165) is 23.3 Å². The summed E-state index contributed by atoms with van der Waals surface area (Å²) >= 11 is 5.90. The van der Waals surface area contributed by atoms with Gasteiger partial charge in [0.2, 0.25) is 10.0 Å². The fourth-order valence-electron chi connectivity index (χ4n) is 2.37. The van der Waals surface area contributed by atoms with Crippen LogP contribution in [0.5, 0.6) is 0 Å². The molecular weight excluding hydrogens is 315 g/mol. The van der Waals surface area contributed by atoms with Crippen molar-refractivity contribution in [1.82, 2.24) is 4.31 Å². The first kappa shape index (κ1) is 14.3. The number of sulfonamides is 1. The Hall–Kier alpha value is -1.63. The lowest BCUT2D eigenvalue weighted by Crippen LogP contribution is -2.26. The molecule has 0 radical (unpaired) electrons. The first-order valence-electron chi connectivity index (χ1n) is 6.20. The summed E-state index contributed by atoms with van der Waals surface area (Å²) < 4.78 is 39.8. The van der Waals surface area contributed by atoms with E-state index < -0.39 is 15.8 Å². The highest BCUT2D eigenvalue weighted by atomic mass is 35.5. The van der Waals surface area contributed by atoms with Crippen LogP contribution in [-0.2, 0) is 23.1 Å². The SMILES string of the molecule is Nc1ccc2c(c1)CN(S(=O)(=O)c1cc(F)ccc1Cl)C2. The van der Waals surface area contributed by atoms with Crippen LogP contribution in [0.25, 0.3) is 0 Å². The van der Waals surface area contributed by atoms with Gasteiger partial charge in [-0.05, 0) is 41.5 Å². The summed E-state index contributed by atoms with van der Waals surface area (Å²) in [6.45, 7) is 0.431. The van der Waals surface area contributed by atoms with Crippen molar-refractivity contribution in [2.45, 2.75) is 18.0 Å². The van der Waals surface area contributed by atoms with Crippen LogP contribution in [0.15, 0.2) is 41.3 Å². The number of anilines is 1. The Morgan fingerprint density at radius 2 is 1.81 bits per heavy atom. The third-order valence-corrected chi connectivity index (χ3v) is 5.71. The van der Waals surface area contributed by atoms with Gasteiger partial charge >= 0.3 is 0 Å². The van der Waals surface area contributed by atoms with Gasteiger partial charge in [0, 0.05) is 18.8 Å². The Bertz CT molecular complexity index is 824. The van der Waals surface area contributed by atoms with Gasteiger partial charge < -0.3 is 5.73 Å². The monoisotopic (exact) mass is 326 g/mol. The Morgan fingerprint density at radius 3 is 2.57 bits per heavy atom. The summed E-state index contributed by atoms with van der Waals surface area (Å²) in [5.74, 6) is -0.640. The van der Waals surface area contributed by atoms with Crippen LogP contribution in [0.1, 0.15) is 11.1 Å². The summed E-state index contributed by atoms with van der Waals surface area (Å²) in [6, 6.07) is 8.58. The average Bonchev–Trinajstić information content (AvgIpc) is 2.85. The Kier molecular flexibility index (Phi) is 3.39. The molecule has 4 nitrogen and oxygen atoms in total. The molecule has 0 bridgehead atoms. The smallest absolute Gasteiger partial charge is 0.245 e. The van der Waals surface area contributed by atoms with Crippen molar-refractivity contribution < 1.29 is 12.8 Å². The third kappa shape index (κ3) is 2.50. The van der Waals surface area contributed by atoms with E-state index in [9.17, 15) is 12.8 Å². The molecule has 1 heterocycles. The minimum atomic E-state index is -3.85. The molecule has 0 aromatic heterocycles. The second kappa shape index (κ2) is 4.98. The highest BCUT2D eigenvalue weighted by molar-refractivity contribution is 7.89. The molecule has 0 atom stereocenters. The fourth-order valence-corrected chi connectivity index (χ4v) is 4.25. The summed E-state index contributed by atoms with van der Waals surface area (Å²) in [5.41, 5.74) is 8.02. The number of hydrogen-bond acceptors (Lipinski definition) is 3. The van der Waals surface area contributed by atoms with Crippen molar-refractivity contribution in [2.24, 2.45) is 0 Å². The van der Waals surface area contributed by atoms with Gasteiger partial charge in [0.15, 0.2) is 0 Å². The van der Waals surface area contributed by atoms with Crippen LogP contribution < -0.4 is 5.73 Å². The maximum Gasteiger partial charge on any atom is 0.245 e. The number of nitrogens with two attached hydrogens (primary N) is 1. The predicted molar refractivity (Wildman–Crippen MR) is 78.7 cm³/mol. The lowest BCUT2D eigenvalue weighted by Gasteiger charge is -2.16. The number of fused-ring (bicyclic) bond motifs is 1. The van der Waals surface area contributed by atoms with Crippen LogP contribution in [0.2, 0.25) is 5.02 Å². The first-order valence-corrected chi connectivity index (χ1v) is 8.02. The molecule has 2 aromatic rings. The first-order chi connectivity index (χ1) is 9.88. The molecular formula is C14H12ClFN2O2S. The molecule has 7 heteroatoms. The molecule has 0 spiro atoms. The highest BCUT2D eigenvalue weighted by Gasteiger charge is 2.32. The molecule has 2 aromatic carbocycles. The van der Waals surface area contributed by atoms with Gasteiger partial charge in [0.05, 0.1) is 5.02 Å². The lowest BCUT2D eigenvalue weighted by atomic mass is 10.1. The Labute approximate surface area is 127 Å². The van der Waals surface area contributed by atoms with Crippen LogP contribution in [0.4, 0.5) is 10.1 Å². The van der Waals surface area contributed by atoms with Crippen molar-refractivity contribution in [3.05, 3.63) is 58.4 Å². The topological polar surface area (TPSA) is 63.4 Å². The molecule has 0 unspecified atom stereocenters. The number of hydrogen-bond donors (Lipinski definition) is 1. The highest BCUT2D eigenvalue weighted by Crippen LogP contribution is 2.32. The van der Waals surface area contributed by atoms with Crippen molar-refractivity contribution >= 4 is 27.3 Å². The molecule has 0 fully saturated rings. The zero-order valence-corrected chi connectivity index (χ0v) is 12.5. The maximum atomic E-state index is 13.3. The second-order valence-electron chi connectivity index (χ2n) is 4.88. The van der Waals surface area contributed by atoms with E-state index in [1.807, 2.05) is 0 Å². The van der Waals surface area contributed by atoms with Gasteiger partial charge in [-0.3, -0.25) is 0 Å². The molecule has 0 amide bonds. The van der Waals surface area contributed by atoms with Crippen molar-refractivity contribution in [3.63, 3.8) is 0 Å². The zero-order valence-electron chi connectivity index (χ0n) is 10.9. The van der Waals surface area contributed by atoms with E-state index in [1.165, 1.54) is 10.4 Å². The average molecular weight is 327 g/mol. The van der Waals surface area contributed by atoms with Gasteiger partial charge in [-0.2, -0.15) is 4.31 Å². The number of benzene rings is 2. The van der Waals surface area contributed by atoms with E-state index in [4.69, 9.17) is 17.3 Å². The maximum absolute atomic E-state index is 13.3. The molecule has 2 N–H and O–H groups in total. The van der Waals surface area contributed by atoms with E-state index >= 15 is 0 Å². The molecule has 0 saturated carbocycles. The van der Waals surface area contributed by atoms with E-state index in [0.29, 0.717) is 5.69 Å². The normalized spacial score (nSPS) is 15.1. The number of nitrogens with zero attached hydrogens (tertiary/aromatic N) is 1. The van der Waals surface area contributed by atoms with Crippen molar-refractivity contribution in [1.29, 1.82) is 0 Å². The van der Waals surface area contributed by atoms with Crippen molar-refractivity contribution in [3.8, 4) is 0 Å². The Morgan fingerprint density at radius 1 is 1.10 bits per heavy atom. The summed E-state index contributed by atoms with van der Waals surface area (Å²) in [5, 5.41) is 0.00636. The van der Waals surface area contributed by atoms with Gasteiger partial charge in [0.25, 0.3) is 0 Å². The quantitative estimate of drug-likeness (QED) is 0.863. The summed E-state index contributed by atoms with van der Waals surface area (Å²) in [6.07, 6.45) is 0. The lowest BCUT2D eigenvalue weighted by molar-refractivity contribution is 0.431. The van der Waals surface area contributed by atoms with Gasteiger partial charge in [-0.25, -0.2) is 12.8 Å². The molecule has 21 heavy (non-hydrogen) atoms. The van der Waals surface area contributed by atoms with Crippen LogP contribution >= 0.6 is 11.6 Å². The second-order valence-corrected chi connectivity index (χ2v) is 7.19. The molecule has 1 aliphatic heterocycles. The van der Waals surface area contributed by atoms with E-state index in [-0.39, 0.29) is 23.0 Å². The van der Waals surface area contributed by atoms with Gasteiger partial charge in [-0.1, -0.05) is 17.7 Å². The van der Waals surface area contributed by atoms with E-state index in [1.54, 1.807) is 18.2 Å². The minimum Gasteiger partial charge on any atom is -0.399 e. The van der Waals surface area contributed by atoms with Gasteiger partial charge in [0.1, 0.15) is 10.7 Å². The molecule has 0 aliphatic carbocycles. The van der Waals surface area contributed by atoms with Gasteiger partial charge in [-0.15, -0.1) is 0 Å². The molecule has 0 saturated heterocycles. The molecule has 110 valence electrons. The third-order valence-electron chi connectivity index (χ3n) is 3.43. The standard InChI is InChI=1S/C14H12ClFN2O2S/c15-13-4-2-11(16)6-14(13)21(19,20)18-7-9-1-3-12(17)5-10(9)8-18/h1-6H,7-8,17H2.